The second-order valence-electron chi connectivity index (χ2n) is 8.73. The normalized spacial score (nSPS) is 11.9. The van der Waals surface area contributed by atoms with Gasteiger partial charge in [-0.05, 0) is 74.2 Å². The van der Waals surface area contributed by atoms with Crippen molar-refractivity contribution in [1.82, 2.24) is 14.9 Å². The van der Waals surface area contributed by atoms with E-state index in [1.807, 2.05) is 80.6 Å². The van der Waals surface area contributed by atoms with E-state index in [1.165, 1.54) is 0 Å². The Morgan fingerprint density at radius 1 is 0.971 bits per heavy atom. The molecule has 1 unspecified atom stereocenters. The molecule has 0 saturated heterocycles. The standard InChI is InChI=1S/C29H33N3O3/c1-21-10-4-5-11-23(21)20-28(33)30-22(2)29-31-26-12-6-7-13-27(26)32(29)18-8-9-19-35-25-16-14-24(34-3)15-17-25/h4-7,10-17,22H,8-9,18-20H2,1-3H3,(H,30,33). The smallest absolute Gasteiger partial charge is 0.225 e. The van der Waals surface area contributed by atoms with Crippen molar-refractivity contribution in [3.05, 3.63) is 89.7 Å². The highest BCUT2D eigenvalue weighted by Gasteiger charge is 2.18. The Labute approximate surface area is 206 Å². The van der Waals surface area contributed by atoms with E-state index < -0.39 is 0 Å². The van der Waals surface area contributed by atoms with Crippen molar-refractivity contribution in [2.75, 3.05) is 13.7 Å². The number of aromatic nitrogens is 2. The molecule has 1 heterocycles. The van der Waals surface area contributed by atoms with Gasteiger partial charge in [-0.15, -0.1) is 0 Å². The Morgan fingerprint density at radius 2 is 1.69 bits per heavy atom. The number of fused-ring (bicyclic) bond motifs is 1. The molecule has 0 fully saturated rings. The average Bonchev–Trinajstić information content (AvgIpc) is 3.24. The van der Waals surface area contributed by atoms with Crippen LogP contribution < -0.4 is 14.8 Å². The zero-order chi connectivity index (χ0) is 24.6. The van der Waals surface area contributed by atoms with E-state index in [9.17, 15) is 4.79 Å². The van der Waals surface area contributed by atoms with Crippen molar-refractivity contribution < 1.29 is 14.3 Å². The molecule has 4 aromatic rings. The molecule has 0 saturated carbocycles. The molecule has 3 aromatic carbocycles. The number of unbranched alkanes of at least 4 members (excludes halogenated alkanes) is 1. The van der Waals surface area contributed by atoms with Crippen LogP contribution in [0.5, 0.6) is 11.5 Å². The molecule has 6 nitrogen and oxygen atoms in total. The summed E-state index contributed by atoms with van der Waals surface area (Å²) in [6, 6.07) is 23.5. The van der Waals surface area contributed by atoms with E-state index in [2.05, 4.69) is 16.0 Å². The molecule has 1 amide bonds. The number of rotatable bonds is 11. The Hall–Kier alpha value is -3.80. The van der Waals surface area contributed by atoms with Gasteiger partial charge in [0.05, 0.1) is 37.2 Å². The van der Waals surface area contributed by atoms with Gasteiger partial charge >= 0.3 is 0 Å². The average molecular weight is 472 g/mol. The van der Waals surface area contributed by atoms with Crippen LogP contribution in [0.15, 0.2) is 72.8 Å². The van der Waals surface area contributed by atoms with Gasteiger partial charge in [0.15, 0.2) is 0 Å². The third-order valence-corrected chi connectivity index (χ3v) is 6.17. The maximum atomic E-state index is 12.8. The third-order valence-electron chi connectivity index (χ3n) is 6.17. The van der Waals surface area contributed by atoms with E-state index in [4.69, 9.17) is 14.5 Å². The molecule has 1 aromatic heterocycles. The lowest BCUT2D eigenvalue weighted by Crippen LogP contribution is -2.30. The van der Waals surface area contributed by atoms with E-state index in [1.54, 1.807) is 7.11 Å². The van der Waals surface area contributed by atoms with Crippen LogP contribution in [0.4, 0.5) is 0 Å². The summed E-state index contributed by atoms with van der Waals surface area (Å²) in [4.78, 5) is 17.6. The van der Waals surface area contributed by atoms with Crippen LogP contribution >= 0.6 is 0 Å². The summed E-state index contributed by atoms with van der Waals surface area (Å²) >= 11 is 0. The summed E-state index contributed by atoms with van der Waals surface area (Å²) < 4.78 is 13.3. The number of methoxy groups -OCH3 is 1. The zero-order valence-electron chi connectivity index (χ0n) is 20.7. The van der Waals surface area contributed by atoms with Gasteiger partial charge in [-0.2, -0.15) is 0 Å². The van der Waals surface area contributed by atoms with Crippen LogP contribution in [0.3, 0.4) is 0 Å². The number of carbonyl (C=O) groups excluding carboxylic acids is 1. The lowest BCUT2D eigenvalue weighted by Gasteiger charge is -2.17. The minimum atomic E-state index is -0.200. The van der Waals surface area contributed by atoms with E-state index in [0.29, 0.717) is 13.0 Å². The fourth-order valence-corrected chi connectivity index (χ4v) is 4.23. The lowest BCUT2D eigenvalue weighted by atomic mass is 10.1. The first-order valence-corrected chi connectivity index (χ1v) is 12.1. The van der Waals surface area contributed by atoms with Crippen molar-refractivity contribution in [3.8, 4) is 11.5 Å². The Balaban J connectivity index is 1.37. The van der Waals surface area contributed by atoms with Gasteiger partial charge in [0.2, 0.25) is 5.91 Å². The van der Waals surface area contributed by atoms with Crippen LogP contribution in [0.1, 0.15) is 42.8 Å². The number of hydrogen-bond acceptors (Lipinski definition) is 4. The van der Waals surface area contributed by atoms with Crippen LogP contribution in [0.25, 0.3) is 11.0 Å². The van der Waals surface area contributed by atoms with Crippen molar-refractivity contribution >= 4 is 16.9 Å². The summed E-state index contributed by atoms with van der Waals surface area (Å²) in [6.07, 6.45) is 2.21. The summed E-state index contributed by atoms with van der Waals surface area (Å²) in [5.74, 6) is 2.53. The molecule has 0 spiro atoms. The minimum Gasteiger partial charge on any atom is -0.497 e. The number of ether oxygens (including phenoxy) is 2. The lowest BCUT2D eigenvalue weighted by molar-refractivity contribution is -0.121. The number of carbonyl (C=O) groups is 1. The molecule has 4 rings (SSSR count). The Morgan fingerprint density at radius 3 is 2.46 bits per heavy atom. The molecule has 6 heteroatoms. The van der Waals surface area contributed by atoms with Crippen molar-refractivity contribution in [2.24, 2.45) is 0 Å². The number of nitrogens with zero attached hydrogens (tertiary/aromatic N) is 2. The highest BCUT2D eigenvalue weighted by molar-refractivity contribution is 5.80. The SMILES string of the molecule is COc1ccc(OCCCCn2c(C(C)NC(=O)Cc3ccccc3C)nc3ccccc32)cc1. The molecule has 182 valence electrons. The molecule has 0 aliphatic carbocycles. The quantitative estimate of drug-likeness (QED) is 0.288. The molecular weight excluding hydrogens is 438 g/mol. The number of imidazole rings is 1. The van der Waals surface area contributed by atoms with E-state index in [-0.39, 0.29) is 11.9 Å². The number of benzene rings is 3. The summed E-state index contributed by atoms with van der Waals surface area (Å²) in [5, 5.41) is 3.15. The topological polar surface area (TPSA) is 65.4 Å². The summed E-state index contributed by atoms with van der Waals surface area (Å²) in [5.41, 5.74) is 4.19. The maximum absolute atomic E-state index is 12.8. The van der Waals surface area contributed by atoms with Crippen LogP contribution in [0.2, 0.25) is 0 Å². The van der Waals surface area contributed by atoms with Gasteiger partial charge in [-0.25, -0.2) is 4.98 Å². The second-order valence-corrected chi connectivity index (χ2v) is 8.73. The fraction of sp³-hybridized carbons (Fsp3) is 0.310. The molecular formula is C29H33N3O3. The number of para-hydroxylation sites is 2. The molecule has 35 heavy (non-hydrogen) atoms. The van der Waals surface area contributed by atoms with E-state index in [0.717, 1.165) is 58.9 Å². The van der Waals surface area contributed by atoms with E-state index >= 15 is 0 Å². The Bertz CT molecular complexity index is 1260. The Kier molecular flexibility index (Phi) is 8.03. The summed E-state index contributed by atoms with van der Waals surface area (Å²) in [7, 11) is 1.65. The van der Waals surface area contributed by atoms with Gasteiger partial charge in [0.1, 0.15) is 17.3 Å². The van der Waals surface area contributed by atoms with Crippen molar-refractivity contribution in [3.63, 3.8) is 0 Å². The predicted octanol–water partition coefficient (Wildman–Crippen LogP) is 5.63. The monoisotopic (exact) mass is 471 g/mol. The summed E-state index contributed by atoms with van der Waals surface area (Å²) in [6.45, 7) is 5.47. The molecule has 0 aliphatic heterocycles. The minimum absolute atomic E-state index is 0.00158. The van der Waals surface area contributed by atoms with Gasteiger partial charge in [0, 0.05) is 6.54 Å². The van der Waals surface area contributed by atoms with Gasteiger partial charge in [-0.1, -0.05) is 36.4 Å². The third kappa shape index (κ3) is 6.21. The van der Waals surface area contributed by atoms with Crippen molar-refractivity contribution in [1.29, 1.82) is 0 Å². The van der Waals surface area contributed by atoms with Crippen LogP contribution in [0, 0.1) is 6.92 Å². The molecule has 0 bridgehead atoms. The largest absolute Gasteiger partial charge is 0.497 e. The highest BCUT2D eigenvalue weighted by atomic mass is 16.5. The molecule has 1 N–H and O–H groups in total. The highest BCUT2D eigenvalue weighted by Crippen LogP contribution is 2.22. The number of nitrogens with one attached hydrogen (secondary N) is 1. The van der Waals surface area contributed by atoms with Crippen molar-refractivity contribution in [2.45, 2.75) is 45.7 Å². The zero-order valence-corrected chi connectivity index (χ0v) is 20.7. The van der Waals surface area contributed by atoms with Gasteiger partial charge in [0.25, 0.3) is 0 Å². The number of amides is 1. The molecule has 0 radical (unpaired) electrons. The molecule has 0 aliphatic rings. The van der Waals surface area contributed by atoms with Gasteiger partial charge in [-0.3, -0.25) is 4.79 Å². The fourth-order valence-electron chi connectivity index (χ4n) is 4.23. The molecule has 1 atom stereocenters. The van der Waals surface area contributed by atoms with Gasteiger partial charge < -0.3 is 19.4 Å². The predicted molar refractivity (Wildman–Crippen MR) is 139 cm³/mol. The second kappa shape index (κ2) is 11.6. The van der Waals surface area contributed by atoms with Crippen LogP contribution in [-0.2, 0) is 17.8 Å². The first kappa shape index (κ1) is 24.3. The first-order valence-electron chi connectivity index (χ1n) is 12.1. The number of hydrogen-bond donors (Lipinski definition) is 1. The van der Waals surface area contributed by atoms with Crippen LogP contribution in [-0.4, -0.2) is 29.2 Å². The maximum Gasteiger partial charge on any atom is 0.225 e. The first-order chi connectivity index (χ1) is 17.0. The number of aryl methyl sites for hydroxylation is 2.